The number of anilines is 1. The van der Waals surface area contributed by atoms with Gasteiger partial charge in [0, 0.05) is 18.7 Å². The van der Waals surface area contributed by atoms with Crippen molar-refractivity contribution in [3.8, 4) is 5.75 Å². The molecule has 2 aromatic carbocycles. The second-order valence-electron chi connectivity index (χ2n) is 5.78. The van der Waals surface area contributed by atoms with Gasteiger partial charge in [-0.15, -0.1) is 0 Å². The van der Waals surface area contributed by atoms with Crippen LogP contribution in [0.4, 0.5) is 10.1 Å². The third-order valence-corrected chi connectivity index (χ3v) is 4.03. The van der Waals surface area contributed by atoms with Crippen LogP contribution in [0, 0.1) is 5.82 Å². The molecule has 0 spiro atoms. The van der Waals surface area contributed by atoms with Crippen molar-refractivity contribution in [2.24, 2.45) is 0 Å². The number of hydrogen-bond donors (Lipinski definition) is 1. The first-order chi connectivity index (χ1) is 12.1. The number of para-hydroxylation sites is 1. The Morgan fingerprint density at radius 2 is 1.96 bits per heavy atom. The summed E-state index contributed by atoms with van der Waals surface area (Å²) in [6, 6.07) is 12.4. The van der Waals surface area contributed by atoms with E-state index in [1.54, 1.807) is 41.3 Å². The number of carbonyl (C=O) groups is 2. The van der Waals surface area contributed by atoms with E-state index in [-0.39, 0.29) is 30.1 Å². The highest BCUT2D eigenvalue weighted by Crippen LogP contribution is 2.23. The van der Waals surface area contributed by atoms with Gasteiger partial charge >= 0.3 is 0 Å². The zero-order valence-electron chi connectivity index (χ0n) is 13.9. The summed E-state index contributed by atoms with van der Waals surface area (Å²) in [7, 11) is 0. The minimum atomic E-state index is -0.354. The maximum absolute atomic E-state index is 13.0. The Balaban J connectivity index is 1.69. The number of ether oxygens (including phenoxy) is 1. The van der Waals surface area contributed by atoms with Crippen LogP contribution in [0.3, 0.4) is 0 Å². The van der Waals surface area contributed by atoms with E-state index in [1.165, 1.54) is 12.1 Å². The molecule has 0 saturated carbocycles. The highest BCUT2D eigenvalue weighted by atomic mass is 19.1. The van der Waals surface area contributed by atoms with Crippen LogP contribution < -0.4 is 15.0 Å². The van der Waals surface area contributed by atoms with Gasteiger partial charge in [0.1, 0.15) is 11.6 Å². The molecule has 25 heavy (non-hydrogen) atoms. The number of rotatable bonds is 5. The predicted octanol–water partition coefficient (Wildman–Crippen LogP) is 2.76. The molecule has 1 fully saturated rings. The van der Waals surface area contributed by atoms with Gasteiger partial charge in [-0.3, -0.25) is 9.59 Å². The molecule has 3 rings (SSSR count). The highest BCUT2D eigenvalue weighted by Gasteiger charge is 2.32. The topological polar surface area (TPSA) is 58.6 Å². The number of amides is 2. The summed E-state index contributed by atoms with van der Waals surface area (Å²) in [5.41, 5.74) is 1.06. The summed E-state index contributed by atoms with van der Waals surface area (Å²) in [5.74, 6) is -0.215. The Hall–Kier alpha value is -2.89. The van der Waals surface area contributed by atoms with Gasteiger partial charge in [0.05, 0.1) is 18.2 Å². The molecule has 130 valence electrons. The fourth-order valence-corrected chi connectivity index (χ4v) is 2.87. The Morgan fingerprint density at radius 3 is 2.68 bits per heavy atom. The smallest absolute Gasteiger partial charge is 0.255 e. The molecule has 2 aromatic rings. The molecular formula is C19H19FN2O3. The lowest BCUT2D eigenvalue weighted by Gasteiger charge is -2.17. The lowest BCUT2D eigenvalue weighted by atomic mass is 10.1. The molecular weight excluding hydrogens is 323 g/mol. The van der Waals surface area contributed by atoms with Gasteiger partial charge in [-0.05, 0) is 43.3 Å². The van der Waals surface area contributed by atoms with Crippen LogP contribution in [-0.4, -0.2) is 31.0 Å². The van der Waals surface area contributed by atoms with Gasteiger partial charge in [0.15, 0.2) is 0 Å². The third-order valence-electron chi connectivity index (χ3n) is 4.03. The van der Waals surface area contributed by atoms with Crippen molar-refractivity contribution in [2.45, 2.75) is 19.4 Å². The average Bonchev–Trinajstić information content (AvgIpc) is 2.96. The SMILES string of the molecule is CCOc1ccccc1C(=O)NC1CC(=O)N(c2ccc(F)cc2)C1. The number of benzene rings is 2. The first-order valence-corrected chi connectivity index (χ1v) is 8.17. The standard InChI is InChI=1S/C19H19FN2O3/c1-2-25-17-6-4-3-5-16(17)19(24)21-14-11-18(23)22(12-14)15-9-7-13(20)8-10-15/h3-10,14H,2,11-12H2,1H3,(H,21,24). The molecule has 0 aliphatic carbocycles. The molecule has 1 N–H and O–H groups in total. The van der Waals surface area contributed by atoms with E-state index in [4.69, 9.17) is 4.74 Å². The minimum absolute atomic E-state index is 0.102. The molecule has 1 aliphatic rings. The van der Waals surface area contributed by atoms with Gasteiger partial charge in [-0.2, -0.15) is 0 Å². The molecule has 2 amide bonds. The normalized spacial score (nSPS) is 16.8. The number of carbonyl (C=O) groups excluding carboxylic acids is 2. The van der Waals surface area contributed by atoms with Gasteiger partial charge in [0.2, 0.25) is 5.91 Å². The van der Waals surface area contributed by atoms with Crippen LogP contribution in [-0.2, 0) is 4.79 Å². The van der Waals surface area contributed by atoms with E-state index in [9.17, 15) is 14.0 Å². The summed E-state index contributed by atoms with van der Waals surface area (Å²) in [4.78, 5) is 26.3. The van der Waals surface area contributed by atoms with Crippen LogP contribution in [0.15, 0.2) is 48.5 Å². The van der Waals surface area contributed by atoms with Crippen LogP contribution in [0.2, 0.25) is 0 Å². The number of halogens is 1. The maximum atomic E-state index is 13.0. The van der Waals surface area contributed by atoms with Crippen molar-refractivity contribution in [2.75, 3.05) is 18.1 Å². The predicted molar refractivity (Wildman–Crippen MR) is 92.2 cm³/mol. The van der Waals surface area contributed by atoms with E-state index >= 15 is 0 Å². The Morgan fingerprint density at radius 1 is 1.24 bits per heavy atom. The van der Waals surface area contributed by atoms with Gasteiger partial charge in [-0.25, -0.2) is 4.39 Å². The summed E-state index contributed by atoms with van der Waals surface area (Å²) >= 11 is 0. The van der Waals surface area contributed by atoms with Crippen LogP contribution in [0.25, 0.3) is 0 Å². The van der Waals surface area contributed by atoms with Crippen LogP contribution >= 0.6 is 0 Å². The lowest BCUT2D eigenvalue weighted by molar-refractivity contribution is -0.117. The molecule has 1 atom stereocenters. The van der Waals surface area contributed by atoms with E-state index in [0.29, 0.717) is 30.2 Å². The van der Waals surface area contributed by atoms with Crippen molar-refractivity contribution in [3.63, 3.8) is 0 Å². The quantitative estimate of drug-likeness (QED) is 0.909. The van der Waals surface area contributed by atoms with E-state index in [1.807, 2.05) is 6.92 Å². The monoisotopic (exact) mass is 342 g/mol. The summed E-state index contributed by atoms with van der Waals surface area (Å²) in [6.45, 7) is 2.67. The Bertz CT molecular complexity index is 776. The fraction of sp³-hybridized carbons (Fsp3) is 0.263. The number of nitrogens with one attached hydrogen (secondary N) is 1. The van der Waals surface area contributed by atoms with Crippen LogP contribution in [0.5, 0.6) is 5.75 Å². The van der Waals surface area contributed by atoms with E-state index < -0.39 is 0 Å². The van der Waals surface area contributed by atoms with Crippen molar-refractivity contribution in [1.82, 2.24) is 5.32 Å². The summed E-state index contributed by atoms with van der Waals surface area (Å²) < 4.78 is 18.5. The zero-order valence-corrected chi connectivity index (χ0v) is 13.9. The van der Waals surface area contributed by atoms with E-state index in [0.717, 1.165) is 0 Å². The first kappa shape index (κ1) is 17.0. The van der Waals surface area contributed by atoms with Gasteiger partial charge in [0.25, 0.3) is 5.91 Å². The molecule has 0 aromatic heterocycles. The van der Waals surface area contributed by atoms with Crippen LogP contribution in [0.1, 0.15) is 23.7 Å². The molecule has 0 bridgehead atoms. The summed E-state index contributed by atoms with van der Waals surface area (Å²) in [5, 5.41) is 2.88. The molecule has 1 unspecified atom stereocenters. The van der Waals surface area contributed by atoms with Crippen molar-refractivity contribution < 1.29 is 18.7 Å². The molecule has 1 aliphatic heterocycles. The second kappa shape index (κ2) is 7.34. The molecule has 1 saturated heterocycles. The van der Waals surface area contributed by atoms with Gasteiger partial charge < -0.3 is 15.0 Å². The van der Waals surface area contributed by atoms with Gasteiger partial charge in [-0.1, -0.05) is 12.1 Å². The fourth-order valence-electron chi connectivity index (χ4n) is 2.87. The number of nitrogens with zero attached hydrogens (tertiary/aromatic N) is 1. The van der Waals surface area contributed by atoms with Crippen molar-refractivity contribution in [1.29, 1.82) is 0 Å². The molecule has 5 nitrogen and oxygen atoms in total. The van der Waals surface area contributed by atoms with Crippen molar-refractivity contribution in [3.05, 3.63) is 59.9 Å². The maximum Gasteiger partial charge on any atom is 0.255 e. The largest absolute Gasteiger partial charge is 0.493 e. The van der Waals surface area contributed by atoms with E-state index in [2.05, 4.69) is 5.32 Å². The zero-order chi connectivity index (χ0) is 17.8. The third kappa shape index (κ3) is 3.79. The molecule has 6 heteroatoms. The first-order valence-electron chi connectivity index (χ1n) is 8.17. The minimum Gasteiger partial charge on any atom is -0.493 e. The number of hydrogen-bond acceptors (Lipinski definition) is 3. The highest BCUT2D eigenvalue weighted by molar-refractivity contribution is 6.00. The lowest BCUT2D eigenvalue weighted by Crippen LogP contribution is -2.37. The average molecular weight is 342 g/mol. The second-order valence-corrected chi connectivity index (χ2v) is 5.78. The molecule has 0 radical (unpaired) electrons. The van der Waals surface area contributed by atoms with Crippen molar-refractivity contribution >= 4 is 17.5 Å². The molecule has 1 heterocycles. The summed E-state index contributed by atoms with van der Waals surface area (Å²) in [6.07, 6.45) is 0.208. The Kier molecular flexibility index (Phi) is 4.97. The Labute approximate surface area is 145 Å².